The van der Waals surface area contributed by atoms with Crippen LogP contribution in [0.3, 0.4) is 0 Å². The molecule has 0 unspecified atom stereocenters. The Bertz CT molecular complexity index is 998. The van der Waals surface area contributed by atoms with Crippen LogP contribution in [0.2, 0.25) is 0 Å². The van der Waals surface area contributed by atoms with E-state index in [1.54, 1.807) is 18.1 Å². The fourth-order valence-corrected chi connectivity index (χ4v) is 3.50. The number of hydrogen-bond acceptors (Lipinski definition) is 8. The molecule has 1 fully saturated rings. The predicted molar refractivity (Wildman–Crippen MR) is 124 cm³/mol. The number of hydrogen-bond donors (Lipinski definition) is 1. The van der Waals surface area contributed by atoms with Crippen LogP contribution in [-0.2, 0) is 20.8 Å². The zero-order valence-electron chi connectivity index (χ0n) is 20.6. The number of carbonyl (C=O) groups excluding carboxylic acids is 2. The van der Waals surface area contributed by atoms with Gasteiger partial charge in [-0.15, -0.1) is 0 Å². The predicted octanol–water partition coefficient (Wildman–Crippen LogP) is 3.56. The van der Waals surface area contributed by atoms with Crippen LogP contribution in [0.15, 0.2) is 22.7 Å². The number of nitrogens with zero attached hydrogens (tertiary/aromatic N) is 3. The highest BCUT2D eigenvalue weighted by molar-refractivity contribution is 5.94. The largest absolute Gasteiger partial charge is 0.444 e. The van der Waals surface area contributed by atoms with Gasteiger partial charge < -0.3 is 29.0 Å². The number of nitrogens with one attached hydrogen (secondary N) is 1. The molecule has 1 aromatic carbocycles. The molecule has 2 heterocycles. The lowest BCUT2D eigenvalue weighted by Crippen LogP contribution is -2.43. The lowest BCUT2D eigenvalue weighted by atomic mass is 10.1. The third-order valence-electron chi connectivity index (χ3n) is 5.29. The maximum Gasteiger partial charge on any atom is 0.410 e. The third-order valence-corrected chi connectivity index (χ3v) is 5.29. The smallest absolute Gasteiger partial charge is 0.410 e. The van der Waals surface area contributed by atoms with Crippen LogP contribution in [0.1, 0.15) is 56.3 Å². The van der Waals surface area contributed by atoms with E-state index < -0.39 is 17.3 Å². The summed E-state index contributed by atoms with van der Waals surface area (Å²) >= 11 is 0. The number of amides is 2. The Balaban J connectivity index is 1.48. The van der Waals surface area contributed by atoms with E-state index in [9.17, 15) is 14.0 Å². The summed E-state index contributed by atoms with van der Waals surface area (Å²) in [5.74, 6) is -0.708. The van der Waals surface area contributed by atoms with Gasteiger partial charge in [0.2, 0.25) is 5.82 Å². The molecule has 2 amide bonds. The fraction of sp³-hybridized carbons (Fsp3) is 0.583. The average molecular weight is 493 g/mol. The minimum atomic E-state index is -0.675. The topological polar surface area (TPSA) is 116 Å². The Morgan fingerprint density at radius 2 is 2.00 bits per heavy atom. The van der Waals surface area contributed by atoms with E-state index in [1.807, 2.05) is 20.8 Å². The van der Waals surface area contributed by atoms with Crippen molar-refractivity contribution in [3.63, 3.8) is 0 Å². The van der Waals surface area contributed by atoms with Gasteiger partial charge in [-0.1, -0.05) is 11.2 Å². The number of rotatable bonds is 9. The minimum absolute atomic E-state index is 0.0526. The number of carbonyl (C=O) groups is 2. The van der Waals surface area contributed by atoms with E-state index >= 15 is 0 Å². The zero-order chi connectivity index (χ0) is 25.4. The molecule has 10 nitrogen and oxygen atoms in total. The number of halogens is 1. The van der Waals surface area contributed by atoms with E-state index in [0.717, 1.165) is 0 Å². The Labute approximate surface area is 204 Å². The number of ether oxygens (including phenoxy) is 3. The van der Waals surface area contributed by atoms with E-state index in [-0.39, 0.29) is 36.1 Å². The minimum Gasteiger partial charge on any atom is -0.444 e. The second kappa shape index (κ2) is 12.1. The highest BCUT2D eigenvalue weighted by Crippen LogP contribution is 2.21. The lowest BCUT2D eigenvalue weighted by molar-refractivity contribution is -0.0231. The molecule has 0 spiro atoms. The molecule has 192 valence electrons. The van der Waals surface area contributed by atoms with Crippen molar-refractivity contribution in [2.75, 3.05) is 33.4 Å². The average Bonchev–Trinajstić information content (AvgIpc) is 3.28. The highest BCUT2D eigenvalue weighted by Gasteiger charge is 2.27. The maximum absolute atomic E-state index is 14.5. The molecule has 1 saturated heterocycles. The lowest BCUT2D eigenvalue weighted by Gasteiger charge is -2.33. The Morgan fingerprint density at radius 3 is 2.66 bits per heavy atom. The van der Waals surface area contributed by atoms with Gasteiger partial charge in [-0.05, 0) is 52.2 Å². The molecule has 1 aliphatic rings. The molecule has 3 rings (SSSR count). The normalized spacial score (nSPS) is 14.7. The standard InChI is InChI=1S/C24H33FN4O6/c1-24(2,3)34-23(31)29-11-8-17(9-12-29)33-15-20-27-21(28-35-20)16-6-7-18(19(25)14-16)22(30)26-10-5-13-32-4/h6-7,14,17H,5,8-13,15H2,1-4H3,(H,26,30). The number of piperidine rings is 1. The number of methoxy groups -OCH3 is 1. The molecule has 2 aromatic rings. The van der Waals surface area contributed by atoms with Crippen LogP contribution < -0.4 is 5.32 Å². The Morgan fingerprint density at radius 1 is 1.26 bits per heavy atom. The van der Waals surface area contributed by atoms with E-state index in [4.69, 9.17) is 18.7 Å². The van der Waals surface area contributed by atoms with Crippen LogP contribution in [0.25, 0.3) is 11.4 Å². The molecule has 11 heteroatoms. The second-order valence-electron chi connectivity index (χ2n) is 9.29. The van der Waals surface area contributed by atoms with Crippen molar-refractivity contribution in [1.82, 2.24) is 20.4 Å². The second-order valence-corrected chi connectivity index (χ2v) is 9.29. The Kier molecular flexibility index (Phi) is 9.16. The summed E-state index contributed by atoms with van der Waals surface area (Å²) in [4.78, 5) is 30.3. The molecule has 35 heavy (non-hydrogen) atoms. The molecule has 1 aromatic heterocycles. The van der Waals surface area contributed by atoms with Crippen LogP contribution >= 0.6 is 0 Å². The molecule has 1 aliphatic heterocycles. The summed E-state index contributed by atoms with van der Waals surface area (Å²) in [5.41, 5.74) is -0.199. The Hall–Kier alpha value is -3.05. The van der Waals surface area contributed by atoms with Crippen molar-refractivity contribution < 1.29 is 32.7 Å². The van der Waals surface area contributed by atoms with Crippen LogP contribution in [0.4, 0.5) is 9.18 Å². The van der Waals surface area contributed by atoms with Crippen molar-refractivity contribution >= 4 is 12.0 Å². The highest BCUT2D eigenvalue weighted by atomic mass is 19.1. The monoisotopic (exact) mass is 492 g/mol. The number of likely N-dealkylation sites (tertiary alicyclic amines) is 1. The first-order chi connectivity index (χ1) is 16.7. The van der Waals surface area contributed by atoms with Crippen LogP contribution in [0, 0.1) is 5.82 Å². The third kappa shape index (κ3) is 8.00. The van der Waals surface area contributed by atoms with Crippen LogP contribution in [0.5, 0.6) is 0 Å². The molecular formula is C24H33FN4O6. The molecule has 0 saturated carbocycles. The summed E-state index contributed by atoms with van der Waals surface area (Å²) in [6, 6.07) is 4.16. The van der Waals surface area contributed by atoms with Gasteiger partial charge in [0.25, 0.3) is 11.8 Å². The SMILES string of the molecule is COCCCNC(=O)c1ccc(-c2noc(COC3CCN(C(=O)OC(C)(C)C)CC3)n2)cc1F. The first-order valence-electron chi connectivity index (χ1n) is 11.7. The van der Waals surface area contributed by atoms with Crippen molar-refractivity contribution in [2.24, 2.45) is 0 Å². The van der Waals surface area contributed by atoms with Crippen LogP contribution in [-0.4, -0.2) is 72.1 Å². The van der Waals surface area contributed by atoms with Gasteiger partial charge in [0.05, 0.1) is 11.7 Å². The van der Waals surface area contributed by atoms with E-state index in [0.29, 0.717) is 51.1 Å². The van der Waals surface area contributed by atoms with E-state index in [1.165, 1.54) is 12.1 Å². The molecule has 0 bridgehead atoms. The zero-order valence-corrected chi connectivity index (χ0v) is 20.6. The summed E-state index contributed by atoms with van der Waals surface area (Å²) < 4.78 is 35.9. The fourth-order valence-electron chi connectivity index (χ4n) is 3.50. The molecule has 0 aliphatic carbocycles. The van der Waals surface area contributed by atoms with Gasteiger partial charge in [0.15, 0.2) is 0 Å². The van der Waals surface area contributed by atoms with Gasteiger partial charge >= 0.3 is 6.09 Å². The first-order valence-corrected chi connectivity index (χ1v) is 11.7. The van der Waals surface area contributed by atoms with Gasteiger partial charge in [-0.2, -0.15) is 4.98 Å². The quantitative estimate of drug-likeness (QED) is 0.528. The molecule has 0 radical (unpaired) electrons. The van der Waals surface area contributed by atoms with Crippen molar-refractivity contribution in [1.29, 1.82) is 0 Å². The van der Waals surface area contributed by atoms with Gasteiger partial charge in [0.1, 0.15) is 18.0 Å². The maximum atomic E-state index is 14.5. The van der Waals surface area contributed by atoms with Crippen molar-refractivity contribution in [2.45, 2.75) is 58.3 Å². The van der Waals surface area contributed by atoms with Crippen molar-refractivity contribution in [3.05, 3.63) is 35.5 Å². The van der Waals surface area contributed by atoms with Crippen molar-refractivity contribution in [3.8, 4) is 11.4 Å². The molecule has 0 atom stereocenters. The van der Waals surface area contributed by atoms with E-state index in [2.05, 4.69) is 15.5 Å². The number of aromatic nitrogens is 2. The summed E-state index contributed by atoms with van der Waals surface area (Å²) in [6.07, 6.45) is 1.60. The summed E-state index contributed by atoms with van der Waals surface area (Å²) in [6.45, 7) is 7.61. The number of benzene rings is 1. The summed E-state index contributed by atoms with van der Waals surface area (Å²) in [5, 5.41) is 6.54. The van der Waals surface area contributed by atoms with Gasteiger partial charge in [0, 0.05) is 38.9 Å². The molecular weight excluding hydrogens is 459 g/mol. The van der Waals surface area contributed by atoms with Gasteiger partial charge in [-0.3, -0.25) is 4.79 Å². The van der Waals surface area contributed by atoms with Gasteiger partial charge in [-0.25, -0.2) is 9.18 Å². The first kappa shape index (κ1) is 26.6. The molecule has 1 N–H and O–H groups in total. The summed E-state index contributed by atoms with van der Waals surface area (Å²) in [7, 11) is 1.58.